The largest absolute Gasteiger partial charge is 0.507 e. The Balaban J connectivity index is 1.97. The molecule has 0 radical (unpaired) electrons. The molecule has 0 aliphatic rings. The molecule has 0 heterocycles. The van der Waals surface area contributed by atoms with E-state index >= 15 is 0 Å². The number of benzene rings is 3. The summed E-state index contributed by atoms with van der Waals surface area (Å²) >= 11 is 6.05. The molecular formula is C20H17ClN2O4S. The highest BCUT2D eigenvalue weighted by atomic mass is 35.5. The van der Waals surface area contributed by atoms with Crippen LogP contribution in [-0.2, 0) is 10.0 Å². The number of nitrogens with one attached hydrogen (secondary N) is 1. The number of ether oxygens (including phenoxy) is 1. The molecule has 6 nitrogen and oxygen atoms in total. The number of halogens is 1. The number of phenolic OH excluding ortho intramolecular Hbond substituents is 1. The van der Waals surface area contributed by atoms with E-state index in [0.717, 1.165) is 0 Å². The lowest BCUT2D eigenvalue weighted by Gasteiger charge is -2.13. The smallest absolute Gasteiger partial charge is 0.265 e. The summed E-state index contributed by atoms with van der Waals surface area (Å²) in [7, 11) is -2.59. The van der Waals surface area contributed by atoms with Crippen molar-refractivity contribution in [3.63, 3.8) is 0 Å². The van der Waals surface area contributed by atoms with Gasteiger partial charge in [0.05, 0.1) is 23.5 Å². The van der Waals surface area contributed by atoms with Crippen molar-refractivity contribution < 1.29 is 18.3 Å². The van der Waals surface area contributed by atoms with Gasteiger partial charge in [0.15, 0.2) is 0 Å². The van der Waals surface area contributed by atoms with E-state index in [1.807, 2.05) is 0 Å². The normalized spacial score (nSPS) is 11.5. The van der Waals surface area contributed by atoms with Crippen LogP contribution in [-0.4, -0.2) is 26.8 Å². The van der Waals surface area contributed by atoms with Gasteiger partial charge in [-0.25, -0.2) is 8.42 Å². The first-order chi connectivity index (χ1) is 13.4. The maximum absolute atomic E-state index is 12.9. The van der Waals surface area contributed by atoms with Crippen molar-refractivity contribution in [3.8, 4) is 11.5 Å². The van der Waals surface area contributed by atoms with Crippen molar-refractivity contribution in [2.45, 2.75) is 4.90 Å². The van der Waals surface area contributed by atoms with Gasteiger partial charge in [0.2, 0.25) is 0 Å². The fourth-order valence-corrected chi connectivity index (χ4v) is 3.95. The van der Waals surface area contributed by atoms with E-state index in [9.17, 15) is 13.5 Å². The van der Waals surface area contributed by atoms with Crippen LogP contribution in [0.25, 0.3) is 0 Å². The first-order valence-electron chi connectivity index (χ1n) is 8.18. The number of rotatable bonds is 6. The van der Waals surface area contributed by atoms with E-state index < -0.39 is 10.0 Å². The van der Waals surface area contributed by atoms with Crippen LogP contribution in [0.3, 0.4) is 0 Å². The Hall–Kier alpha value is -3.03. The van der Waals surface area contributed by atoms with Gasteiger partial charge in [0.25, 0.3) is 10.0 Å². The summed E-state index contributed by atoms with van der Waals surface area (Å²) in [6, 6.07) is 17.7. The summed E-state index contributed by atoms with van der Waals surface area (Å²) in [6.45, 7) is 0. The Morgan fingerprint density at radius 2 is 1.79 bits per heavy atom. The van der Waals surface area contributed by atoms with Crippen LogP contribution < -0.4 is 9.46 Å². The van der Waals surface area contributed by atoms with Gasteiger partial charge in [-0.05, 0) is 42.5 Å². The summed E-state index contributed by atoms with van der Waals surface area (Å²) in [6.07, 6.45) is 1.45. The van der Waals surface area contributed by atoms with Crippen molar-refractivity contribution in [2.75, 3.05) is 11.8 Å². The number of sulfonamides is 1. The summed E-state index contributed by atoms with van der Waals surface area (Å²) in [5, 5.41) is 10.1. The van der Waals surface area contributed by atoms with Crippen LogP contribution in [0.4, 0.5) is 11.4 Å². The maximum atomic E-state index is 12.9. The van der Waals surface area contributed by atoms with Crippen LogP contribution in [0, 0.1) is 0 Å². The molecule has 0 atom stereocenters. The van der Waals surface area contributed by atoms with E-state index in [-0.39, 0.29) is 27.1 Å². The van der Waals surface area contributed by atoms with E-state index in [2.05, 4.69) is 9.71 Å². The number of nitrogens with zero attached hydrogens (tertiary/aromatic N) is 1. The molecule has 28 heavy (non-hydrogen) atoms. The Morgan fingerprint density at radius 3 is 2.50 bits per heavy atom. The first-order valence-corrected chi connectivity index (χ1v) is 10.0. The highest BCUT2D eigenvalue weighted by Gasteiger charge is 2.21. The van der Waals surface area contributed by atoms with Gasteiger partial charge in [0.1, 0.15) is 16.4 Å². The molecule has 3 aromatic carbocycles. The number of phenols is 1. The predicted molar refractivity (Wildman–Crippen MR) is 111 cm³/mol. The van der Waals surface area contributed by atoms with Crippen LogP contribution in [0.1, 0.15) is 5.56 Å². The number of methoxy groups -OCH3 is 1. The molecule has 2 N–H and O–H groups in total. The Morgan fingerprint density at radius 1 is 1.07 bits per heavy atom. The molecule has 0 aliphatic carbocycles. The van der Waals surface area contributed by atoms with Gasteiger partial charge in [-0.15, -0.1) is 0 Å². The van der Waals surface area contributed by atoms with Crippen molar-refractivity contribution in [2.24, 2.45) is 4.99 Å². The quantitative estimate of drug-likeness (QED) is 0.574. The molecule has 0 aliphatic heterocycles. The second-order valence-corrected chi connectivity index (χ2v) is 7.80. The Bertz CT molecular complexity index is 1130. The summed E-state index contributed by atoms with van der Waals surface area (Å²) in [4.78, 5) is 4.17. The molecule has 0 bridgehead atoms. The fourth-order valence-electron chi connectivity index (χ4n) is 2.44. The van der Waals surface area contributed by atoms with Crippen molar-refractivity contribution in [1.29, 1.82) is 0 Å². The molecule has 3 rings (SSSR count). The molecule has 3 aromatic rings. The van der Waals surface area contributed by atoms with Crippen LogP contribution in [0.2, 0.25) is 5.02 Å². The number of para-hydroxylation sites is 2. The van der Waals surface area contributed by atoms with Crippen molar-refractivity contribution in [1.82, 2.24) is 0 Å². The molecule has 0 spiro atoms. The van der Waals surface area contributed by atoms with Crippen molar-refractivity contribution >= 4 is 39.2 Å². The van der Waals surface area contributed by atoms with Crippen LogP contribution >= 0.6 is 11.6 Å². The maximum Gasteiger partial charge on any atom is 0.265 e. The minimum Gasteiger partial charge on any atom is -0.507 e. The number of aromatic hydroxyl groups is 1. The predicted octanol–water partition coefficient (Wildman–Crippen LogP) is 4.61. The fraction of sp³-hybridized carbons (Fsp3) is 0.0500. The third-order valence-electron chi connectivity index (χ3n) is 3.84. The lowest BCUT2D eigenvalue weighted by Crippen LogP contribution is -2.14. The van der Waals surface area contributed by atoms with E-state index in [1.54, 1.807) is 54.6 Å². The average molecular weight is 417 g/mol. The van der Waals surface area contributed by atoms with E-state index in [4.69, 9.17) is 16.3 Å². The molecule has 8 heteroatoms. The first kappa shape index (κ1) is 19.7. The SMILES string of the molecule is COc1ccc(N=Cc2ccccc2O)cc1S(=O)(=O)Nc1ccccc1Cl. The highest BCUT2D eigenvalue weighted by Crippen LogP contribution is 2.31. The van der Waals surface area contributed by atoms with Gasteiger partial charge in [-0.2, -0.15) is 0 Å². The molecule has 0 aromatic heterocycles. The topological polar surface area (TPSA) is 88.0 Å². The summed E-state index contributed by atoms with van der Waals surface area (Å²) < 4.78 is 33.4. The Labute approximate surface area is 168 Å². The number of hydrogen-bond donors (Lipinski definition) is 2. The Kier molecular flexibility index (Phi) is 5.87. The van der Waals surface area contributed by atoms with E-state index in [1.165, 1.54) is 25.5 Å². The standard InChI is InChI=1S/C20H17ClN2O4S/c1-27-19-11-10-15(22-13-14-6-2-5-9-18(14)24)12-20(19)28(25,26)23-17-8-4-3-7-16(17)21/h2-13,23-24H,1H3. The number of hydrogen-bond acceptors (Lipinski definition) is 5. The second-order valence-electron chi connectivity index (χ2n) is 5.74. The lowest BCUT2D eigenvalue weighted by atomic mass is 10.2. The lowest BCUT2D eigenvalue weighted by molar-refractivity contribution is 0.403. The van der Waals surface area contributed by atoms with Crippen LogP contribution in [0.5, 0.6) is 11.5 Å². The number of aliphatic imine (C=N–C) groups is 1. The molecule has 0 unspecified atom stereocenters. The third kappa shape index (κ3) is 4.44. The monoisotopic (exact) mass is 416 g/mol. The summed E-state index contributed by atoms with van der Waals surface area (Å²) in [5.74, 6) is 0.244. The molecule has 0 saturated carbocycles. The van der Waals surface area contributed by atoms with Gasteiger partial charge >= 0.3 is 0 Å². The zero-order valence-electron chi connectivity index (χ0n) is 14.8. The third-order valence-corrected chi connectivity index (χ3v) is 5.56. The van der Waals surface area contributed by atoms with Gasteiger partial charge in [0, 0.05) is 11.8 Å². The van der Waals surface area contributed by atoms with Gasteiger partial charge < -0.3 is 9.84 Å². The molecule has 0 saturated heterocycles. The van der Waals surface area contributed by atoms with Gasteiger partial charge in [-0.1, -0.05) is 35.9 Å². The highest BCUT2D eigenvalue weighted by molar-refractivity contribution is 7.92. The zero-order chi connectivity index (χ0) is 20.1. The molecule has 0 fully saturated rings. The minimum atomic E-state index is -3.97. The second kappa shape index (κ2) is 8.33. The van der Waals surface area contributed by atoms with E-state index in [0.29, 0.717) is 11.3 Å². The summed E-state index contributed by atoms with van der Waals surface area (Å²) in [5.41, 5.74) is 1.15. The molecule has 144 valence electrons. The zero-order valence-corrected chi connectivity index (χ0v) is 16.4. The number of anilines is 1. The molecular weight excluding hydrogens is 400 g/mol. The van der Waals surface area contributed by atoms with Crippen LogP contribution in [0.15, 0.2) is 76.6 Å². The minimum absolute atomic E-state index is 0.0768. The van der Waals surface area contributed by atoms with Gasteiger partial charge in [-0.3, -0.25) is 9.71 Å². The van der Waals surface area contributed by atoms with Crippen molar-refractivity contribution in [3.05, 3.63) is 77.3 Å². The average Bonchev–Trinajstić information content (AvgIpc) is 2.69. The molecule has 0 amide bonds.